The first-order chi connectivity index (χ1) is 15.4. The maximum Gasteiger partial charge on any atom is 0.261 e. The van der Waals surface area contributed by atoms with Crippen LogP contribution >= 0.6 is 11.6 Å². The van der Waals surface area contributed by atoms with Crippen LogP contribution in [0, 0.1) is 0 Å². The highest BCUT2D eigenvalue weighted by Gasteiger charge is 2.17. The van der Waals surface area contributed by atoms with Crippen molar-refractivity contribution in [3.05, 3.63) is 83.4 Å². The van der Waals surface area contributed by atoms with Gasteiger partial charge < -0.3 is 14.8 Å². The molecule has 0 fully saturated rings. The molecule has 0 bridgehead atoms. The highest BCUT2D eigenvalue weighted by molar-refractivity contribution is 7.92. The normalized spacial score (nSPS) is 10.9. The van der Waals surface area contributed by atoms with Crippen molar-refractivity contribution in [3.63, 3.8) is 0 Å². The predicted octanol–water partition coefficient (Wildman–Crippen LogP) is 4.23. The molecule has 0 aliphatic carbocycles. The number of ether oxygens (including phenoxy) is 2. The molecule has 3 rings (SSSR count). The van der Waals surface area contributed by atoms with Crippen molar-refractivity contribution in [2.45, 2.75) is 18.4 Å². The molecule has 32 heavy (non-hydrogen) atoms. The fourth-order valence-electron chi connectivity index (χ4n) is 2.76. The molecule has 1 amide bonds. The summed E-state index contributed by atoms with van der Waals surface area (Å²) in [5.41, 5.74) is 1.36. The van der Waals surface area contributed by atoms with E-state index in [1.165, 1.54) is 18.2 Å². The third kappa shape index (κ3) is 6.63. The van der Waals surface area contributed by atoms with Gasteiger partial charge in [-0.2, -0.15) is 0 Å². The minimum Gasteiger partial charge on any atom is -0.494 e. The fraction of sp³-hybridized carbons (Fsp3) is 0.174. The van der Waals surface area contributed by atoms with Gasteiger partial charge in [0.05, 0.1) is 16.5 Å². The number of hydrogen-bond donors (Lipinski definition) is 2. The second-order valence-corrected chi connectivity index (χ2v) is 8.80. The average molecular weight is 475 g/mol. The number of benzene rings is 3. The Balaban J connectivity index is 1.58. The standard InChI is InChI=1S/C23H23ClN2O5S/c1-2-30-19-10-8-18(9-11-19)26-32(28,29)20-12-13-22(21(24)14-20)31-16-23(27)25-15-17-6-4-3-5-7-17/h3-14,26H,2,15-16H2,1H3,(H,25,27). The van der Waals surface area contributed by atoms with Gasteiger partial charge in [0.2, 0.25) is 0 Å². The van der Waals surface area contributed by atoms with Crippen LogP contribution in [0.25, 0.3) is 0 Å². The SMILES string of the molecule is CCOc1ccc(NS(=O)(=O)c2ccc(OCC(=O)NCc3ccccc3)c(Cl)c2)cc1. The molecule has 0 atom stereocenters. The highest BCUT2D eigenvalue weighted by atomic mass is 35.5. The van der Waals surface area contributed by atoms with Gasteiger partial charge in [-0.25, -0.2) is 8.42 Å². The van der Waals surface area contributed by atoms with Gasteiger partial charge in [-0.3, -0.25) is 9.52 Å². The minimum atomic E-state index is -3.86. The van der Waals surface area contributed by atoms with Crippen molar-refractivity contribution in [2.24, 2.45) is 0 Å². The summed E-state index contributed by atoms with van der Waals surface area (Å²) in [6.07, 6.45) is 0. The molecule has 7 nitrogen and oxygen atoms in total. The van der Waals surface area contributed by atoms with Gasteiger partial charge in [0, 0.05) is 12.2 Å². The van der Waals surface area contributed by atoms with Crippen molar-refractivity contribution >= 4 is 33.2 Å². The Hall–Kier alpha value is -3.23. The van der Waals surface area contributed by atoms with Gasteiger partial charge >= 0.3 is 0 Å². The summed E-state index contributed by atoms with van der Waals surface area (Å²) in [6.45, 7) is 2.52. The summed E-state index contributed by atoms with van der Waals surface area (Å²) in [7, 11) is -3.86. The van der Waals surface area contributed by atoms with Gasteiger partial charge in [0.25, 0.3) is 15.9 Å². The first-order valence-corrected chi connectivity index (χ1v) is 11.7. The van der Waals surface area contributed by atoms with Gasteiger partial charge in [0.1, 0.15) is 11.5 Å². The molecule has 9 heteroatoms. The molecule has 0 saturated heterocycles. The summed E-state index contributed by atoms with van der Waals surface area (Å²) in [6, 6.07) is 20.1. The lowest BCUT2D eigenvalue weighted by Gasteiger charge is -2.12. The van der Waals surface area contributed by atoms with Gasteiger partial charge in [-0.05, 0) is 55.0 Å². The summed E-state index contributed by atoms with van der Waals surface area (Å²) in [4.78, 5) is 12.0. The Bertz CT molecular complexity index is 1150. The number of carbonyl (C=O) groups is 1. The first-order valence-electron chi connectivity index (χ1n) is 9.86. The molecule has 0 aromatic heterocycles. The molecule has 0 heterocycles. The summed E-state index contributed by atoms with van der Waals surface area (Å²) >= 11 is 6.18. The van der Waals surface area contributed by atoms with E-state index in [2.05, 4.69) is 10.0 Å². The topological polar surface area (TPSA) is 93.7 Å². The number of anilines is 1. The molecular formula is C23H23ClN2O5S. The summed E-state index contributed by atoms with van der Waals surface area (Å²) < 4.78 is 38.6. The van der Waals surface area contributed by atoms with E-state index in [1.807, 2.05) is 37.3 Å². The van der Waals surface area contributed by atoms with Crippen molar-refractivity contribution in [1.82, 2.24) is 5.32 Å². The lowest BCUT2D eigenvalue weighted by atomic mass is 10.2. The van der Waals surface area contributed by atoms with E-state index < -0.39 is 10.0 Å². The van der Waals surface area contributed by atoms with E-state index >= 15 is 0 Å². The van der Waals surface area contributed by atoms with E-state index in [-0.39, 0.29) is 28.2 Å². The smallest absolute Gasteiger partial charge is 0.261 e. The van der Waals surface area contributed by atoms with Crippen LogP contribution in [0.15, 0.2) is 77.7 Å². The van der Waals surface area contributed by atoms with Gasteiger partial charge in [-0.1, -0.05) is 41.9 Å². The molecule has 0 spiro atoms. The van der Waals surface area contributed by atoms with E-state index in [0.717, 1.165) is 5.56 Å². The Labute approximate surface area is 192 Å². The zero-order chi connectivity index (χ0) is 23.0. The lowest BCUT2D eigenvalue weighted by Crippen LogP contribution is -2.28. The number of hydrogen-bond acceptors (Lipinski definition) is 5. The minimum absolute atomic E-state index is 0.0303. The number of sulfonamides is 1. The van der Waals surface area contributed by atoms with Gasteiger partial charge in [0.15, 0.2) is 6.61 Å². The summed E-state index contributed by atoms with van der Waals surface area (Å²) in [5, 5.41) is 2.82. The predicted molar refractivity (Wildman–Crippen MR) is 124 cm³/mol. The van der Waals surface area contributed by atoms with Crippen LogP contribution in [0.2, 0.25) is 5.02 Å². The molecule has 0 radical (unpaired) electrons. The quantitative estimate of drug-likeness (QED) is 0.458. The maximum absolute atomic E-state index is 12.7. The Morgan fingerprint density at radius 2 is 1.69 bits per heavy atom. The summed E-state index contributed by atoms with van der Waals surface area (Å²) in [5.74, 6) is 0.535. The van der Waals surface area contributed by atoms with Crippen molar-refractivity contribution in [2.75, 3.05) is 17.9 Å². The van der Waals surface area contributed by atoms with Crippen molar-refractivity contribution in [3.8, 4) is 11.5 Å². The average Bonchev–Trinajstić information content (AvgIpc) is 2.79. The third-order valence-electron chi connectivity index (χ3n) is 4.32. The van der Waals surface area contributed by atoms with E-state index in [4.69, 9.17) is 21.1 Å². The molecule has 168 valence electrons. The molecule has 3 aromatic carbocycles. The van der Waals surface area contributed by atoms with E-state index in [1.54, 1.807) is 24.3 Å². The maximum atomic E-state index is 12.7. The lowest BCUT2D eigenvalue weighted by molar-refractivity contribution is -0.123. The first kappa shape index (κ1) is 23.4. The number of nitrogens with one attached hydrogen (secondary N) is 2. The zero-order valence-electron chi connectivity index (χ0n) is 17.4. The van der Waals surface area contributed by atoms with E-state index in [9.17, 15) is 13.2 Å². The van der Waals surface area contributed by atoms with E-state index in [0.29, 0.717) is 24.6 Å². The molecule has 0 unspecified atom stereocenters. The second-order valence-electron chi connectivity index (χ2n) is 6.71. The van der Waals surface area contributed by atoms with Crippen LogP contribution in [0.4, 0.5) is 5.69 Å². The van der Waals surface area contributed by atoms with Crippen molar-refractivity contribution in [1.29, 1.82) is 0 Å². The molecule has 0 aliphatic rings. The Kier molecular flexibility index (Phi) is 7.97. The molecule has 3 aromatic rings. The van der Waals surface area contributed by atoms with Crippen molar-refractivity contribution < 1.29 is 22.7 Å². The highest BCUT2D eigenvalue weighted by Crippen LogP contribution is 2.28. The van der Waals surface area contributed by atoms with Crippen LogP contribution in [0.1, 0.15) is 12.5 Å². The Morgan fingerprint density at radius 1 is 0.969 bits per heavy atom. The number of carbonyl (C=O) groups excluding carboxylic acids is 1. The van der Waals surface area contributed by atoms with Crippen LogP contribution in [0.3, 0.4) is 0 Å². The molecule has 0 saturated carbocycles. The van der Waals surface area contributed by atoms with Crippen LogP contribution in [-0.4, -0.2) is 27.5 Å². The second kappa shape index (κ2) is 10.9. The molecular weight excluding hydrogens is 452 g/mol. The van der Waals surface area contributed by atoms with Crippen LogP contribution < -0.4 is 19.5 Å². The largest absolute Gasteiger partial charge is 0.494 e. The van der Waals surface area contributed by atoms with Crippen LogP contribution in [-0.2, 0) is 21.4 Å². The molecule has 2 N–H and O–H groups in total. The fourth-order valence-corrected chi connectivity index (χ4v) is 4.14. The number of rotatable bonds is 10. The number of halogens is 1. The third-order valence-corrected chi connectivity index (χ3v) is 6.00. The monoisotopic (exact) mass is 474 g/mol. The molecule has 0 aliphatic heterocycles. The zero-order valence-corrected chi connectivity index (χ0v) is 18.9. The van der Waals surface area contributed by atoms with Crippen LogP contribution in [0.5, 0.6) is 11.5 Å². The van der Waals surface area contributed by atoms with Gasteiger partial charge in [-0.15, -0.1) is 0 Å². The number of amides is 1. The Morgan fingerprint density at radius 3 is 2.34 bits per heavy atom.